The van der Waals surface area contributed by atoms with E-state index in [2.05, 4.69) is 21.2 Å². The summed E-state index contributed by atoms with van der Waals surface area (Å²) < 4.78 is 0.896. The maximum atomic E-state index is 12.5. The van der Waals surface area contributed by atoms with Crippen molar-refractivity contribution in [1.82, 2.24) is 9.80 Å². The molecule has 3 amide bonds. The number of ketones is 1. The summed E-state index contributed by atoms with van der Waals surface area (Å²) in [7, 11) is 0. The maximum absolute atomic E-state index is 12.5. The second kappa shape index (κ2) is 8.83. The summed E-state index contributed by atoms with van der Waals surface area (Å²) >= 11 is 3.34. The molecular formula is C23H22BrN3O3. The second-order valence-corrected chi connectivity index (χ2v) is 8.39. The first-order valence-electron chi connectivity index (χ1n) is 9.93. The van der Waals surface area contributed by atoms with Crippen molar-refractivity contribution in [2.24, 2.45) is 0 Å². The molecule has 2 aromatic rings. The van der Waals surface area contributed by atoms with Crippen molar-refractivity contribution in [3.8, 4) is 0 Å². The number of anilines is 1. The minimum atomic E-state index is -0.200. The first-order valence-corrected chi connectivity index (χ1v) is 10.7. The first-order chi connectivity index (χ1) is 14.5. The molecule has 0 aliphatic carbocycles. The van der Waals surface area contributed by atoms with Crippen molar-refractivity contribution in [3.05, 3.63) is 76.3 Å². The Morgan fingerprint density at radius 3 is 2.43 bits per heavy atom. The molecular weight excluding hydrogens is 446 g/mol. The van der Waals surface area contributed by atoms with Gasteiger partial charge in [-0.2, -0.15) is 0 Å². The molecule has 6 nitrogen and oxygen atoms in total. The molecule has 0 unspecified atom stereocenters. The molecule has 1 N–H and O–H groups in total. The third-order valence-corrected chi connectivity index (χ3v) is 6.11. The van der Waals surface area contributed by atoms with Gasteiger partial charge in [0.1, 0.15) is 0 Å². The van der Waals surface area contributed by atoms with Crippen molar-refractivity contribution in [2.75, 3.05) is 18.4 Å². The van der Waals surface area contributed by atoms with Gasteiger partial charge in [-0.05, 0) is 54.8 Å². The summed E-state index contributed by atoms with van der Waals surface area (Å²) in [5, 5.41) is 2.95. The Balaban J connectivity index is 1.32. The van der Waals surface area contributed by atoms with E-state index < -0.39 is 0 Å². The van der Waals surface area contributed by atoms with E-state index in [0.29, 0.717) is 25.2 Å². The Hall–Kier alpha value is -2.93. The SMILES string of the molecule is O=C(/C=C/C(=O)N1CCC(N2Cc3ccccc3NC2=O)CC1)c1ccc(Br)cc1. The van der Waals surface area contributed by atoms with Gasteiger partial charge in [0.15, 0.2) is 5.78 Å². The van der Waals surface area contributed by atoms with Crippen molar-refractivity contribution in [2.45, 2.75) is 25.4 Å². The van der Waals surface area contributed by atoms with Crippen LogP contribution in [0.5, 0.6) is 0 Å². The number of halogens is 1. The number of rotatable bonds is 4. The zero-order valence-corrected chi connectivity index (χ0v) is 18.0. The lowest BCUT2D eigenvalue weighted by Gasteiger charge is -2.40. The number of carbonyl (C=O) groups excluding carboxylic acids is 3. The molecule has 2 aliphatic rings. The topological polar surface area (TPSA) is 69.7 Å². The number of nitrogens with one attached hydrogen (secondary N) is 1. The Morgan fingerprint density at radius 1 is 1.00 bits per heavy atom. The van der Waals surface area contributed by atoms with E-state index in [9.17, 15) is 14.4 Å². The molecule has 1 saturated heterocycles. The molecule has 0 spiro atoms. The fourth-order valence-corrected chi connectivity index (χ4v) is 4.14. The Kier molecular flexibility index (Phi) is 5.99. The van der Waals surface area contributed by atoms with Gasteiger partial charge < -0.3 is 15.1 Å². The molecule has 7 heteroatoms. The van der Waals surface area contributed by atoms with Gasteiger partial charge in [-0.3, -0.25) is 9.59 Å². The summed E-state index contributed by atoms with van der Waals surface area (Å²) in [6.45, 7) is 1.71. The van der Waals surface area contributed by atoms with Crippen LogP contribution in [0.4, 0.5) is 10.5 Å². The van der Waals surface area contributed by atoms with E-state index in [0.717, 1.165) is 28.6 Å². The zero-order valence-electron chi connectivity index (χ0n) is 16.4. The monoisotopic (exact) mass is 467 g/mol. The lowest BCUT2D eigenvalue weighted by atomic mass is 10.0. The third-order valence-electron chi connectivity index (χ3n) is 5.58. The van der Waals surface area contributed by atoms with Crippen LogP contribution < -0.4 is 5.32 Å². The molecule has 1 fully saturated rings. The highest BCUT2D eigenvalue weighted by Crippen LogP contribution is 2.27. The van der Waals surface area contributed by atoms with Crippen LogP contribution >= 0.6 is 15.9 Å². The highest BCUT2D eigenvalue weighted by molar-refractivity contribution is 9.10. The van der Waals surface area contributed by atoms with Crippen LogP contribution in [0, 0.1) is 0 Å². The number of hydrogen-bond donors (Lipinski definition) is 1. The molecule has 0 bridgehead atoms. The summed E-state index contributed by atoms with van der Waals surface area (Å²) in [4.78, 5) is 40.8. The Bertz CT molecular complexity index is 995. The number of nitrogens with zero attached hydrogens (tertiary/aromatic N) is 2. The van der Waals surface area contributed by atoms with Gasteiger partial charge in [0.05, 0.1) is 0 Å². The number of allylic oxidation sites excluding steroid dienone is 1. The second-order valence-electron chi connectivity index (χ2n) is 7.48. The largest absolute Gasteiger partial charge is 0.339 e. The highest BCUT2D eigenvalue weighted by atomic mass is 79.9. The van der Waals surface area contributed by atoms with Gasteiger partial charge in [0, 0.05) is 47.5 Å². The predicted molar refractivity (Wildman–Crippen MR) is 118 cm³/mol. The van der Waals surface area contributed by atoms with E-state index in [1.165, 1.54) is 12.2 Å². The van der Waals surface area contributed by atoms with E-state index in [-0.39, 0.29) is 23.8 Å². The molecule has 2 heterocycles. The van der Waals surface area contributed by atoms with Crippen LogP contribution in [-0.2, 0) is 11.3 Å². The van der Waals surface area contributed by atoms with E-state index in [4.69, 9.17) is 0 Å². The van der Waals surface area contributed by atoms with Gasteiger partial charge in [-0.25, -0.2) is 4.79 Å². The molecule has 2 aromatic carbocycles. The highest BCUT2D eigenvalue weighted by Gasteiger charge is 2.32. The van der Waals surface area contributed by atoms with Crippen LogP contribution in [0.25, 0.3) is 0 Å². The molecule has 2 aliphatic heterocycles. The minimum Gasteiger partial charge on any atom is -0.339 e. The molecule has 0 saturated carbocycles. The van der Waals surface area contributed by atoms with Crippen molar-refractivity contribution in [3.63, 3.8) is 0 Å². The fraction of sp³-hybridized carbons (Fsp3) is 0.261. The lowest BCUT2D eigenvalue weighted by molar-refractivity contribution is -0.127. The number of para-hydroxylation sites is 1. The van der Waals surface area contributed by atoms with E-state index in [1.54, 1.807) is 29.2 Å². The maximum Gasteiger partial charge on any atom is 0.322 e. The number of fused-ring (bicyclic) bond motifs is 1. The summed E-state index contributed by atoms with van der Waals surface area (Å²) in [5.74, 6) is -0.373. The van der Waals surface area contributed by atoms with Gasteiger partial charge in [0.2, 0.25) is 5.91 Å². The van der Waals surface area contributed by atoms with Crippen molar-refractivity contribution < 1.29 is 14.4 Å². The molecule has 0 aromatic heterocycles. The Morgan fingerprint density at radius 2 is 1.70 bits per heavy atom. The van der Waals surface area contributed by atoms with Crippen LogP contribution in [0.1, 0.15) is 28.8 Å². The standard InChI is InChI=1S/C23H22BrN3O3/c24-18-7-5-16(6-8-18)21(28)9-10-22(29)26-13-11-19(12-14-26)27-15-17-3-1-2-4-20(17)25-23(27)30/h1-10,19H,11-15H2,(H,25,30)/b10-9+. The summed E-state index contributed by atoms with van der Waals surface area (Å²) in [5.41, 5.74) is 2.51. The average molecular weight is 468 g/mol. The summed E-state index contributed by atoms with van der Waals surface area (Å²) in [6.07, 6.45) is 4.10. The van der Waals surface area contributed by atoms with Crippen LogP contribution in [0.3, 0.4) is 0 Å². The van der Waals surface area contributed by atoms with Gasteiger partial charge in [-0.15, -0.1) is 0 Å². The number of amides is 3. The Labute approximate surface area is 183 Å². The number of benzene rings is 2. The summed E-state index contributed by atoms with van der Waals surface area (Å²) in [6, 6.07) is 14.8. The van der Waals surface area contributed by atoms with E-state index >= 15 is 0 Å². The smallest absolute Gasteiger partial charge is 0.322 e. The van der Waals surface area contributed by atoms with Gasteiger partial charge in [-0.1, -0.05) is 34.1 Å². The molecule has 0 atom stereocenters. The molecule has 0 radical (unpaired) electrons. The quantitative estimate of drug-likeness (QED) is 0.540. The fourth-order valence-electron chi connectivity index (χ4n) is 3.88. The number of hydrogen-bond acceptors (Lipinski definition) is 3. The van der Waals surface area contributed by atoms with E-state index in [1.807, 2.05) is 29.2 Å². The normalized spacial score (nSPS) is 17.0. The number of likely N-dealkylation sites (tertiary alicyclic amines) is 1. The number of piperidine rings is 1. The number of urea groups is 1. The molecule has 4 rings (SSSR count). The van der Waals surface area contributed by atoms with Gasteiger partial charge in [0.25, 0.3) is 0 Å². The number of carbonyl (C=O) groups is 3. The van der Waals surface area contributed by atoms with Crippen LogP contribution in [-0.4, -0.2) is 46.7 Å². The first kappa shape index (κ1) is 20.3. The lowest BCUT2D eigenvalue weighted by Crippen LogP contribution is -2.50. The van der Waals surface area contributed by atoms with Crippen molar-refractivity contribution >= 4 is 39.3 Å². The molecule has 30 heavy (non-hydrogen) atoms. The molecule has 154 valence electrons. The third kappa shape index (κ3) is 4.46. The van der Waals surface area contributed by atoms with Crippen LogP contribution in [0.2, 0.25) is 0 Å². The zero-order chi connectivity index (χ0) is 21.1. The average Bonchev–Trinajstić information content (AvgIpc) is 2.77. The minimum absolute atomic E-state index is 0.0848. The van der Waals surface area contributed by atoms with Gasteiger partial charge >= 0.3 is 6.03 Å². The van der Waals surface area contributed by atoms with Crippen molar-refractivity contribution in [1.29, 1.82) is 0 Å². The van der Waals surface area contributed by atoms with Crippen LogP contribution in [0.15, 0.2) is 65.2 Å². The predicted octanol–water partition coefficient (Wildman–Crippen LogP) is 4.23.